The fraction of sp³-hybridized carbons (Fsp3) is 0.650. The van der Waals surface area contributed by atoms with Crippen LogP contribution in [0.3, 0.4) is 0 Å². The van der Waals surface area contributed by atoms with E-state index in [1.54, 1.807) is 12.1 Å². The Bertz CT molecular complexity index is 745. The van der Waals surface area contributed by atoms with E-state index in [2.05, 4.69) is 13.8 Å². The number of carbonyl (C=O) groups is 1. The van der Waals surface area contributed by atoms with Crippen LogP contribution in [-0.2, 0) is 14.8 Å². The van der Waals surface area contributed by atoms with Crippen LogP contribution in [0.15, 0.2) is 29.2 Å². The van der Waals surface area contributed by atoms with Gasteiger partial charge >= 0.3 is 0 Å². The first-order chi connectivity index (χ1) is 12.8. The van der Waals surface area contributed by atoms with E-state index in [0.717, 1.165) is 31.5 Å². The highest BCUT2D eigenvalue weighted by molar-refractivity contribution is 7.89. The predicted octanol–water partition coefficient (Wildman–Crippen LogP) is 2.16. The van der Waals surface area contributed by atoms with Crippen molar-refractivity contribution in [1.29, 1.82) is 0 Å². The van der Waals surface area contributed by atoms with Crippen LogP contribution in [0.4, 0.5) is 0 Å². The highest BCUT2D eigenvalue weighted by atomic mass is 32.2. The second-order valence-electron chi connectivity index (χ2n) is 8.06. The van der Waals surface area contributed by atoms with Crippen molar-refractivity contribution in [2.75, 3.05) is 26.2 Å². The summed E-state index contributed by atoms with van der Waals surface area (Å²) in [4.78, 5) is 14.9. The zero-order valence-corrected chi connectivity index (χ0v) is 17.1. The van der Waals surface area contributed by atoms with Crippen molar-refractivity contribution >= 4 is 15.9 Å². The molecule has 0 saturated carbocycles. The van der Waals surface area contributed by atoms with Gasteiger partial charge < -0.3 is 10.6 Å². The third kappa shape index (κ3) is 4.52. The van der Waals surface area contributed by atoms with E-state index in [9.17, 15) is 13.2 Å². The maximum Gasteiger partial charge on any atom is 0.243 e. The molecular formula is C20H31N3O3S. The van der Waals surface area contributed by atoms with Gasteiger partial charge in [0, 0.05) is 38.1 Å². The number of hydrogen-bond acceptors (Lipinski definition) is 4. The number of likely N-dealkylation sites (tertiary alicyclic amines) is 1. The highest BCUT2D eigenvalue weighted by Crippen LogP contribution is 2.27. The maximum absolute atomic E-state index is 12.9. The summed E-state index contributed by atoms with van der Waals surface area (Å²) in [7, 11) is -3.49. The van der Waals surface area contributed by atoms with Gasteiger partial charge in [0.2, 0.25) is 15.9 Å². The Morgan fingerprint density at radius 3 is 2.07 bits per heavy atom. The van der Waals surface area contributed by atoms with Crippen LogP contribution in [0, 0.1) is 5.92 Å². The monoisotopic (exact) mass is 393 g/mol. The van der Waals surface area contributed by atoms with E-state index in [-0.39, 0.29) is 17.9 Å². The lowest BCUT2D eigenvalue weighted by Crippen LogP contribution is -2.48. The summed E-state index contributed by atoms with van der Waals surface area (Å²) in [6, 6.07) is 7.35. The molecule has 0 aromatic heterocycles. The van der Waals surface area contributed by atoms with Crippen LogP contribution in [0.5, 0.6) is 0 Å². The van der Waals surface area contributed by atoms with Crippen molar-refractivity contribution in [2.24, 2.45) is 11.7 Å². The van der Waals surface area contributed by atoms with Crippen molar-refractivity contribution in [3.05, 3.63) is 29.8 Å². The molecule has 0 spiro atoms. The number of nitrogens with two attached hydrogens (primary N) is 1. The number of carbonyl (C=O) groups excluding carboxylic acids is 1. The minimum absolute atomic E-state index is 0.0749. The molecule has 0 atom stereocenters. The summed E-state index contributed by atoms with van der Waals surface area (Å²) < 4.78 is 27.3. The summed E-state index contributed by atoms with van der Waals surface area (Å²) in [6.45, 7) is 6.42. The van der Waals surface area contributed by atoms with Crippen LogP contribution >= 0.6 is 0 Å². The molecular weight excluding hydrogens is 362 g/mol. The quantitative estimate of drug-likeness (QED) is 0.850. The van der Waals surface area contributed by atoms with Gasteiger partial charge in [-0.05, 0) is 49.3 Å². The lowest BCUT2D eigenvalue weighted by Gasteiger charge is -2.36. The van der Waals surface area contributed by atoms with Gasteiger partial charge in [0.1, 0.15) is 0 Å². The Balaban J connectivity index is 1.60. The number of hydrogen-bond donors (Lipinski definition) is 1. The predicted molar refractivity (Wildman–Crippen MR) is 106 cm³/mol. The van der Waals surface area contributed by atoms with Crippen molar-refractivity contribution in [2.45, 2.75) is 56.4 Å². The third-order valence-electron chi connectivity index (χ3n) is 5.84. The molecule has 1 amide bonds. The standard InChI is InChI=1S/C20H31N3O3S/c1-15(2)16-3-5-19(6-4-16)27(25,26)23-13-7-17(8-14-23)20(24)22-11-9-18(21)10-12-22/h3-6,15,17-18H,7-14,21H2,1-2H3. The van der Waals surface area contributed by atoms with Crippen molar-refractivity contribution in [3.63, 3.8) is 0 Å². The van der Waals surface area contributed by atoms with Crippen LogP contribution < -0.4 is 5.73 Å². The molecule has 150 valence electrons. The summed E-state index contributed by atoms with van der Waals surface area (Å²) in [5.74, 6) is 0.460. The van der Waals surface area contributed by atoms with Crippen molar-refractivity contribution in [1.82, 2.24) is 9.21 Å². The van der Waals surface area contributed by atoms with Crippen LogP contribution in [-0.4, -0.2) is 55.8 Å². The molecule has 7 heteroatoms. The molecule has 1 aromatic carbocycles. The lowest BCUT2D eigenvalue weighted by atomic mass is 9.95. The molecule has 0 bridgehead atoms. The summed E-state index contributed by atoms with van der Waals surface area (Å²) >= 11 is 0. The molecule has 0 radical (unpaired) electrons. The van der Waals surface area contributed by atoms with Gasteiger partial charge in [0.15, 0.2) is 0 Å². The maximum atomic E-state index is 12.9. The minimum atomic E-state index is -3.49. The van der Waals surface area contributed by atoms with Gasteiger partial charge in [0.05, 0.1) is 4.90 Å². The van der Waals surface area contributed by atoms with E-state index < -0.39 is 10.0 Å². The van der Waals surface area contributed by atoms with Gasteiger partial charge in [-0.15, -0.1) is 0 Å². The van der Waals surface area contributed by atoms with E-state index in [1.165, 1.54) is 4.31 Å². The summed E-state index contributed by atoms with van der Waals surface area (Å²) in [5, 5.41) is 0. The number of nitrogens with zero attached hydrogens (tertiary/aromatic N) is 2. The van der Waals surface area contributed by atoms with E-state index >= 15 is 0 Å². The van der Waals surface area contributed by atoms with Crippen LogP contribution in [0.25, 0.3) is 0 Å². The molecule has 1 aromatic rings. The van der Waals surface area contributed by atoms with Crippen molar-refractivity contribution < 1.29 is 13.2 Å². The van der Waals surface area contributed by atoms with E-state index in [1.807, 2.05) is 17.0 Å². The average Bonchev–Trinajstić information content (AvgIpc) is 2.68. The van der Waals surface area contributed by atoms with E-state index in [0.29, 0.717) is 36.7 Å². The second kappa shape index (κ2) is 8.29. The Kier molecular flexibility index (Phi) is 6.23. The molecule has 2 N–H and O–H groups in total. The fourth-order valence-corrected chi connectivity index (χ4v) is 5.36. The molecule has 0 aliphatic carbocycles. The third-order valence-corrected chi connectivity index (χ3v) is 7.75. The zero-order chi connectivity index (χ0) is 19.6. The normalized spacial score (nSPS) is 21.0. The minimum Gasteiger partial charge on any atom is -0.342 e. The average molecular weight is 394 g/mol. The Hall–Kier alpha value is -1.44. The van der Waals surface area contributed by atoms with Crippen molar-refractivity contribution in [3.8, 4) is 0 Å². The fourth-order valence-electron chi connectivity index (χ4n) is 3.89. The first kappa shape index (κ1) is 20.3. The number of amides is 1. The van der Waals surface area contributed by atoms with E-state index in [4.69, 9.17) is 5.73 Å². The molecule has 0 unspecified atom stereocenters. The number of piperidine rings is 2. The molecule has 6 nitrogen and oxygen atoms in total. The molecule has 3 rings (SSSR count). The molecule has 2 aliphatic rings. The Morgan fingerprint density at radius 2 is 1.56 bits per heavy atom. The topological polar surface area (TPSA) is 83.7 Å². The SMILES string of the molecule is CC(C)c1ccc(S(=O)(=O)N2CCC(C(=O)N3CCC(N)CC3)CC2)cc1. The largest absolute Gasteiger partial charge is 0.342 e. The number of rotatable bonds is 4. The smallest absolute Gasteiger partial charge is 0.243 e. The summed E-state index contributed by atoms with van der Waals surface area (Å²) in [5.41, 5.74) is 7.04. The van der Waals surface area contributed by atoms with Gasteiger partial charge in [-0.1, -0.05) is 26.0 Å². The van der Waals surface area contributed by atoms with Gasteiger partial charge in [-0.3, -0.25) is 4.79 Å². The van der Waals surface area contributed by atoms with Crippen LogP contribution in [0.1, 0.15) is 51.0 Å². The molecule has 27 heavy (non-hydrogen) atoms. The second-order valence-corrected chi connectivity index (χ2v) is 10.0. The summed E-state index contributed by atoms with van der Waals surface area (Å²) in [6.07, 6.45) is 2.88. The Morgan fingerprint density at radius 1 is 1.00 bits per heavy atom. The first-order valence-corrected chi connectivity index (χ1v) is 11.4. The van der Waals surface area contributed by atoms with Gasteiger partial charge in [-0.2, -0.15) is 4.31 Å². The molecule has 2 heterocycles. The highest BCUT2D eigenvalue weighted by Gasteiger charge is 2.34. The molecule has 2 fully saturated rings. The Labute approximate surface area is 162 Å². The number of sulfonamides is 1. The lowest BCUT2D eigenvalue weighted by molar-refractivity contribution is -0.137. The molecule has 2 saturated heterocycles. The van der Waals surface area contributed by atoms with Gasteiger partial charge in [-0.25, -0.2) is 8.42 Å². The van der Waals surface area contributed by atoms with Crippen LogP contribution in [0.2, 0.25) is 0 Å². The first-order valence-electron chi connectivity index (χ1n) is 9.93. The number of benzene rings is 1. The van der Waals surface area contributed by atoms with Gasteiger partial charge in [0.25, 0.3) is 0 Å². The molecule has 2 aliphatic heterocycles. The zero-order valence-electron chi connectivity index (χ0n) is 16.3.